The summed E-state index contributed by atoms with van der Waals surface area (Å²) in [6.45, 7) is 4.25. The monoisotopic (exact) mass is 370 g/mol. The minimum Gasteiger partial charge on any atom is -0.457 e. The molecule has 1 N–H and O–H groups in total. The van der Waals surface area contributed by atoms with Gasteiger partial charge in [0.15, 0.2) is 0 Å². The van der Waals surface area contributed by atoms with E-state index in [0.717, 1.165) is 50.0 Å². The summed E-state index contributed by atoms with van der Waals surface area (Å²) in [7, 11) is 0. The Balaban J connectivity index is 1.42. The zero-order valence-corrected chi connectivity index (χ0v) is 14.7. The van der Waals surface area contributed by atoms with Crippen LogP contribution in [0.5, 0.6) is 0 Å². The smallest absolute Gasteiger partial charge is 0.340 e. The summed E-state index contributed by atoms with van der Waals surface area (Å²) in [5, 5.41) is 10.1. The van der Waals surface area contributed by atoms with Crippen molar-refractivity contribution in [3.8, 4) is 0 Å². The summed E-state index contributed by atoms with van der Waals surface area (Å²) < 4.78 is 24.4. The van der Waals surface area contributed by atoms with E-state index in [1.807, 2.05) is 24.3 Å². The third-order valence-corrected chi connectivity index (χ3v) is 4.48. The molecule has 0 unspecified atom stereocenters. The lowest BCUT2D eigenvalue weighted by Crippen LogP contribution is -2.35. The number of hydrogen-bond donors (Lipinski definition) is 1. The van der Waals surface area contributed by atoms with Crippen LogP contribution in [0.2, 0.25) is 0 Å². The first-order chi connectivity index (χ1) is 13.2. The van der Waals surface area contributed by atoms with Crippen molar-refractivity contribution >= 4 is 17.0 Å². The van der Waals surface area contributed by atoms with Crippen molar-refractivity contribution in [2.75, 3.05) is 26.3 Å². The second-order valence-corrected chi connectivity index (χ2v) is 6.43. The van der Waals surface area contributed by atoms with Gasteiger partial charge >= 0.3 is 5.97 Å². The van der Waals surface area contributed by atoms with Crippen molar-refractivity contribution in [2.24, 2.45) is 0 Å². The molecule has 7 nitrogen and oxygen atoms in total. The Morgan fingerprint density at radius 3 is 2.85 bits per heavy atom. The van der Waals surface area contributed by atoms with E-state index in [1.54, 1.807) is 0 Å². The molecule has 0 radical (unpaired) electrons. The fraction of sp³-hybridized carbons (Fsp3) is 0.316. The summed E-state index contributed by atoms with van der Waals surface area (Å²) in [6, 6.07) is 10.2. The molecule has 8 heteroatoms. The fourth-order valence-corrected chi connectivity index (χ4v) is 3.13. The van der Waals surface area contributed by atoms with Gasteiger partial charge in [-0.3, -0.25) is 4.90 Å². The van der Waals surface area contributed by atoms with Crippen LogP contribution in [0, 0.1) is 5.82 Å². The first-order valence-corrected chi connectivity index (χ1v) is 8.74. The van der Waals surface area contributed by atoms with Gasteiger partial charge in [0.05, 0.1) is 18.8 Å². The molecule has 0 amide bonds. The molecule has 1 saturated heterocycles. The van der Waals surface area contributed by atoms with Crippen molar-refractivity contribution in [1.82, 2.24) is 20.3 Å². The quantitative estimate of drug-likeness (QED) is 0.694. The minimum atomic E-state index is -0.632. The molecule has 3 aromatic rings. The first kappa shape index (κ1) is 17.6. The molecular formula is C19H19FN4O3. The van der Waals surface area contributed by atoms with Gasteiger partial charge in [-0.05, 0) is 17.2 Å². The van der Waals surface area contributed by atoms with Crippen LogP contribution in [0.1, 0.15) is 21.5 Å². The highest BCUT2D eigenvalue weighted by molar-refractivity contribution is 6.01. The summed E-state index contributed by atoms with van der Waals surface area (Å²) >= 11 is 0. The zero-order valence-electron chi connectivity index (χ0n) is 14.7. The predicted molar refractivity (Wildman–Crippen MR) is 95.5 cm³/mol. The Bertz CT molecular complexity index is 953. The van der Waals surface area contributed by atoms with Crippen molar-refractivity contribution in [2.45, 2.75) is 13.2 Å². The lowest BCUT2D eigenvalue weighted by Gasteiger charge is -2.26. The van der Waals surface area contributed by atoms with Crippen LogP contribution < -0.4 is 0 Å². The number of fused-ring (bicyclic) bond motifs is 1. The minimum absolute atomic E-state index is 0.0585. The number of benzene rings is 2. The number of H-pyrrole nitrogens is 1. The Morgan fingerprint density at radius 2 is 2.00 bits per heavy atom. The Labute approximate surface area is 155 Å². The number of nitrogens with one attached hydrogen (secondary N) is 1. The molecule has 1 fully saturated rings. The van der Waals surface area contributed by atoms with E-state index >= 15 is 0 Å². The number of hydrogen-bond acceptors (Lipinski definition) is 6. The van der Waals surface area contributed by atoms with Gasteiger partial charge in [0.25, 0.3) is 0 Å². The van der Waals surface area contributed by atoms with Crippen LogP contribution in [-0.2, 0) is 22.6 Å². The molecule has 0 bridgehead atoms. The van der Waals surface area contributed by atoms with E-state index in [1.165, 1.54) is 6.07 Å². The molecule has 0 aliphatic carbocycles. The van der Waals surface area contributed by atoms with Crippen LogP contribution in [0.15, 0.2) is 36.4 Å². The molecule has 0 atom stereocenters. The first-order valence-electron chi connectivity index (χ1n) is 8.74. The largest absolute Gasteiger partial charge is 0.457 e. The van der Waals surface area contributed by atoms with Crippen LogP contribution in [0.3, 0.4) is 0 Å². The summed E-state index contributed by atoms with van der Waals surface area (Å²) in [5.41, 5.74) is 2.66. The number of esters is 1. The third kappa shape index (κ3) is 4.12. The molecule has 1 aliphatic rings. The molecule has 1 aromatic heterocycles. The van der Waals surface area contributed by atoms with E-state index in [2.05, 4.69) is 20.3 Å². The van der Waals surface area contributed by atoms with E-state index in [0.29, 0.717) is 5.52 Å². The lowest BCUT2D eigenvalue weighted by atomic mass is 10.1. The number of aromatic nitrogens is 3. The van der Waals surface area contributed by atoms with Gasteiger partial charge in [-0.25, -0.2) is 9.18 Å². The molecule has 0 spiro atoms. The molecule has 0 saturated carbocycles. The molecule has 2 heterocycles. The van der Waals surface area contributed by atoms with Crippen LogP contribution in [0.4, 0.5) is 4.39 Å². The normalized spacial score (nSPS) is 15.1. The molecule has 27 heavy (non-hydrogen) atoms. The van der Waals surface area contributed by atoms with Crippen molar-refractivity contribution in [3.63, 3.8) is 0 Å². The van der Waals surface area contributed by atoms with Gasteiger partial charge < -0.3 is 9.47 Å². The highest BCUT2D eigenvalue weighted by Gasteiger charge is 2.17. The Kier molecular flexibility index (Phi) is 5.08. The number of halogens is 1. The number of carbonyl (C=O) groups is 1. The number of ether oxygens (including phenoxy) is 2. The molecule has 1 aliphatic heterocycles. The van der Waals surface area contributed by atoms with E-state index in [-0.39, 0.29) is 17.7 Å². The average molecular weight is 370 g/mol. The standard InChI is InChI=1S/C19H19FN4O3/c20-15-9-16(18-17(10-15)21-23-22-18)19(25)27-12-14-3-1-2-13(8-14)11-24-4-6-26-7-5-24/h1-3,8-10H,4-7,11-12H2,(H,21,22,23). The SMILES string of the molecule is O=C(OCc1cccc(CN2CCOCC2)c1)c1cc(F)cc2n[nH]nc12. The number of aromatic amines is 1. The highest BCUT2D eigenvalue weighted by atomic mass is 19.1. The van der Waals surface area contributed by atoms with Gasteiger partial charge in [0, 0.05) is 25.7 Å². The van der Waals surface area contributed by atoms with E-state index < -0.39 is 11.8 Å². The van der Waals surface area contributed by atoms with Gasteiger partial charge in [0.2, 0.25) is 0 Å². The number of rotatable bonds is 5. The van der Waals surface area contributed by atoms with Crippen LogP contribution in [-0.4, -0.2) is 52.6 Å². The van der Waals surface area contributed by atoms with Crippen molar-refractivity contribution < 1.29 is 18.7 Å². The Hall–Kier alpha value is -2.84. The molecular weight excluding hydrogens is 351 g/mol. The second kappa shape index (κ2) is 7.81. The summed E-state index contributed by atoms with van der Waals surface area (Å²) in [6.07, 6.45) is 0. The highest BCUT2D eigenvalue weighted by Crippen LogP contribution is 2.18. The lowest BCUT2D eigenvalue weighted by molar-refractivity contribution is 0.0341. The van der Waals surface area contributed by atoms with E-state index in [9.17, 15) is 9.18 Å². The van der Waals surface area contributed by atoms with Gasteiger partial charge in [-0.1, -0.05) is 24.3 Å². The zero-order chi connectivity index (χ0) is 18.6. The maximum Gasteiger partial charge on any atom is 0.340 e. The van der Waals surface area contributed by atoms with Crippen molar-refractivity contribution in [3.05, 3.63) is 58.9 Å². The predicted octanol–water partition coefficient (Wildman–Crippen LogP) is 2.29. The number of nitrogens with zero attached hydrogens (tertiary/aromatic N) is 3. The Morgan fingerprint density at radius 1 is 1.19 bits per heavy atom. The van der Waals surface area contributed by atoms with Gasteiger partial charge in [0.1, 0.15) is 23.5 Å². The van der Waals surface area contributed by atoms with Gasteiger partial charge in [-0.2, -0.15) is 15.4 Å². The molecule has 140 valence electrons. The van der Waals surface area contributed by atoms with Gasteiger partial charge in [-0.15, -0.1) is 0 Å². The topological polar surface area (TPSA) is 80.3 Å². The number of morpholine rings is 1. The average Bonchev–Trinajstić information content (AvgIpc) is 3.15. The van der Waals surface area contributed by atoms with Crippen molar-refractivity contribution in [1.29, 1.82) is 0 Å². The van der Waals surface area contributed by atoms with Crippen LogP contribution in [0.25, 0.3) is 11.0 Å². The maximum absolute atomic E-state index is 13.7. The fourth-order valence-electron chi connectivity index (χ4n) is 3.13. The molecule has 4 rings (SSSR count). The van der Waals surface area contributed by atoms with E-state index in [4.69, 9.17) is 9.47 Å². The number of carbonyl (C=O) groups excluding carboxylic acids is 1. The third-order valence-electron chi connectivity index (χ3n) is 4.48. The summed E-state index contributed by atoms with van der Waals surface area (Å²) in [4.78, 5) is 14.7. The second-order valence-electron chi connectivity index (χ2n) is 6.43. The van der Waals surface area contributed by atoms with Crippen LogP contribution >= 0.6 is 0 Å². The maximum atomic E-state index is 13.7. The molecule has 2 aromatic carbocycles. The summed E-state index contributed by atoms with van der Waals surface area (Å²) in [5.74, 6) is -1.19.